The Morgan fingerprint density at radius 2 is 1.65 bits per heavy atom. The Morgan fingerprint density at radius 3 is 2.32 bits per heavy atom. The van der Waals surface area contributed by atoms with Gasteiger partial charge in [-0.1, -0.05) is 67.6 Å². The molecule has 0 radical (unpaired) electrons. The summed E-state index contributed by atoms with van der Waals surface area (Å²) in [7, 11) is 1.62. The SMILES string of the molecule is COc1ccccc1CN1C(=O)CN(C2CCCCCC2)C(=O)[C@@H]1c1ccc(Cl)cc1. The van der Waals surface area contributed by atoms with Crippen LogP contribution in [0.25, 0.3) is 0 Å². The zero-order chi connectivity index (χ0) is 21.8. The van der Waals surface area contributed by atoms with Gasteiger partial charge in [0, 0.05) is 16.6 Å². The van der Waals surface area contributed by atoms with Gasteiger partial charge in [0.2, 0.25) is 5.91 Å². The highest BCUT2D eigenvalue weighted by atomic mass is 35.5. The number of amides is 2. The van der Waals surface area contributed by atoms with Gasteiger partial charge in [0.05, 0.1) is 13.7 Å². The molecule has 1 aliphatic heterocycles. The summed E-state index contributed by atoms with van der Waals surface area (Å²) in [6, 6.07) is 14.4. The molecule has 2 aromatic carbocycles. The van der Waals surface area contributed by atoms with Crippen molar-refractivity contribution in [1.82, 2.24) is 9.80 Å². The molecule has 2 aliphatic rings. The molecule has 1 atom stereocenters. The van der Waals surface area contributed by atoms with Crippen LogP contribution < -0.4 is 4.74 Å². The summed E-state index contributed by atoms with van der Waals surface area (Å²) in [6.45, 7) is 0.461. The molecule has 6 heteroatoms. The van der Waals surface area contributed by atoms with Crippen molar-refractivity contribution >= 4 is 23.4 Å². The van der Waals surface area contributed by atoms with Crippen molar-refractivity contribution in [3.05, 3.63) is 64.7 Å². The van der Waals surface area contributed by atoms with E-state index in [1.165, 1.54) is 12.8 Å². The number of nitrogens with zero attached hydrogens (tertiary/aromatic N) is 2. The minimum atomic E-state index is -0.660. The fraction of sp³-hybridized carbons (Fsp3) is 0.440. The lowest BCUT2D eigenvalue weighted by molar-refractivity contribution is -0.159. The molecule has 0 unspecified atom stereocenters. The molecule has 1 aliphatic carbocycles. The number of halogens is 1. The number of benzene rings is 2. The van der Waals surface area contributed by atoms with E-state index in [4.69, 9.17) is 16.3 Å². The molecule has 31 heavy (non-hydrogen) atoms. The van der Waals surface area contributed by atoms with Crippen molar-refractivity contribution in [2.45, 2.75) is 57.2 Å². The van der Waals surface area contributed by atoms with Crippen LogP contribution >= 0.6 is 11.6 Å². The number of hydrogen-bond donors (Lipinski definition) is 0. The molecule has 1 saturated carbocycles. The molecule has 5 nitrogen and oxygen atoms in total. The van der Waals surface area contributed by atoms with Crippen molar-refractivity contribution in [1.29, 1.82) is 0 Å². The lowest BCUT2D eigenvalue weighted by Gasteiger charge is -2.43. The van der Waals surface area contributed by atoms with E-state index in [-0.39, 0.29) is 24.4 Å². The maximum Gasteiger partial charge on any atom is 0.250 e. The minimum absolute atomic E-state index is 0.00344. The molecular weight excluding hydrogens is 412 g/mol. The van der Waals surface area contributed by atoms with Crippen LogP contribution in [0.15, 0.2) is 48.5 Å². The number of para-hydroxylation sites is 1. The van der Waals surface area contributed by atoms with Crippen LogP contribution in [0.1, 0.15) is 55.7 Å². The standard InChI is InChI=1S/C25H29ClN2O3/c1-31-22-11-7-6-8-19(22)16-28-23(29)17-27(21-9-4-2-3-5-10-21)25(30)24(28)18-12-14-20(26)15-13-18/h6-8,11-15,21,24H,2-5,9-10,16-17H2,1H3/t24-/m0/s1. The van der Waals surface area contributed by atoms with Gasteiger partial charge in [-0.15, -0.1) is 0 Å². The van der Waals surface area contributed by atoms with Crippen molar-refractivity contribution in [3.8, 4) is 5.75 Å². The van der Waals surface area contributed by atoms with Crippen LogP contribution in [0.5, 0.6) is 5.75 Å². The maximum atomic E-state index is 13.8. The van der Waals surface area contributed by atoms with Crippen molar-refractivity contribution in [3.63, 3.8) is 0 Å². The summed E-state index contributed by atoms with van der Waals surface area (Å²) < 4.78 is 5.49. The van der Waals surface area contributed by atoms with Crippen LogP contribution in [-0.2, 0) is 16.1 Å². The monoisotopic (exact) mass is 440 g/mol. The average molecular weight is 441 g/mol. The topological polar surface area (TPSA) is 49.9 Å². The van der Waals surface area contributed by atoms with Crippen LogP contribution in [0, 0.1) is 0 Å². The third-order valence-electron chi connectivity index (χ3n) is 6.44. The van der Waals surface area contributed by atoms with Gasteiger partial charge in [0.15, 0.2) is 0 Å². The number of carbonyl (C=O) groups excluding carboxylic acids is 2. The van der Waals surface area contributed by atoms with Gasteiger partial charge in [-0.3, -0.25) is 9.59 Å². The highest BCUT2D eigenvalue weighted by Gasteiger charge is 2.42. The lowest BCUT2D eigenvalue weighted by Crippen LogP contribution is -2.57. The van der Waals surface area contributed by atoms with E-state index in [1.807, 2.05) is 41.3 Å². The summed E-state index contributed by atoms with van der Waals surface area (Å²) in [4.78, 5) is 30.7. The van der Waals surface area contributed by atoms with E-state index in [1.54, 1.807) is 24.1 Å². The van der Waals surface area contributed by atoms with Gasteiger partial charge in [-0.05, 0) is 36.6 Å². The van der Waals surface area contributed by atoms with Crippen LogP contribution in [-0.4, -0.2) is 41.3 Å². The summed E-state index contributed by atoms with van der Waals surface area (Å²) in [5.74, 6) is 0.683. The van der Waals surface area contributed by atoms with Crippen LogP contribution in [0.4, 0.5) is 0 Å². The number of methoxy groups -OCH3 is 1. The third kappa shape index (κ3) is 4.72. The summed E-state index contributed by atoms with van der Waals surface area (Å²) in [5, 5.41) is 0.607. The van der Waals surface area contributed by atoms with Crippen molar-refractivity contribution in [2.75, 3.05) is 13.7 Å². The first kappa shape index (κ1) is 21.7. The molecule has 0 bridgehead atoms. The molecule has 2 aromatic rings. The minimum Gasteiger partial charge on any atom is -0.496 e. The number of ether oxygens (including phenoxy) is 1. The highest BCUT2D eigenvalue weighted by Crippen LogP contribution is 2.34. The predicted octanol–water partition coefficient (Wildman–Crippen LogP) is 4.98. The molecule has 0 spiro atoms. The third-order valence-corrected chi connectivity index (χ3v) is 6.69. The van der Waals surface area contributed by atoms with Gasteiger partial charge >= 0.3 is 0 Å². The van der Waals surface area contributed by atoms with Crippen LogP contribution in [0.3, 0.4) is 0 Å². The Morgan fingerprint density at radius 1 is 0.968 bits per heavy atom. The fourth-order valence-corrected chi connectivity index (χ4v) is 4.92. The van der Waals surface area contributed by atoms with E-state index in [0.29, 0.717) is 17.3 Å². The predicted molar refractivity (Wildman–Crippen MR) is 121 cm³/mol. The van der Waals surface area contributed by atoms with Gasteiger partial charge in [0.25, 0.3) is 5.91 Å². The Labute approximate surface area is 188 Å². The molecule has 2 fully saturated rings. The molecule has 164 valence electrons. The van der Waals surface area contributed by atoms with E-state index in [2.05, 4.69) is 0 Å². The molecule has 0 aromatic heterocycles. The second-order valence-corrected chi connectivity index (χ2v) is 8.84. The van der Waals surface area contributed by atoms with Crippen LogP contribution in [0.2, 0.25) is 5.02 Å². The molecule has 1 saturated heterocycles. The lowest BCUT2D eigenvalue weighted by atomic mass is 9.97. The van der Waals surface area contributed by atoms with E-state index in [9.17, 15) is 9.59 Å². The zero-order valence-corrected chi connectivity index (χ0v) is 18.7. The second-order valence-electron chi connectivity index (χ2n) is 8.40. The first-order chi connectivity index (χ1) is 15.1. The molecule has 4 rings (SSSR count). The quantitative estimate of drug-likeness (QED) is 0.616. The molecular formula is C25H29ClN2O3. The van der Waals surface area contributed by atoms with Gasteiger partial charge < -0.3 is 14.5 Å². The Hall–Kier alpha value is -2.53. The average Bonchev–Trinajstić information content (AvgIpc) is 3.07. The number of carbonyl (C=O) groups is 2. The second kappa shape index (κ2) is 9.73. The Kier molecular flexibility index (Phi) is 6.81. The normalized spacial score (nSPS) is 20.6. The Bertz CT molecular complexity index is 923. The fourth-order valence-electron chi connectivity index (χ4n) is 4.79. The summed E-state index contributed by atoms with van der Waals surface area (Å²) in [6.07, 6.45) is 6.57. The van der Waals surface area contributed by atoms with Gasteiger partial charge in [-0.25, -0.2) is 0 Å². The van der Waals surface area contributed by atoms with Gasteiger partial charge in [0.1, 0.15) is 18.3 Å². The number of hydrogen-bond acceptors (Lipinski definition) is 3. The summed E-state index contributed by atoms with van der Waals surface area (Å²) in [5.41, 5.74) is 1.67. The highest BCUT2D eigenvalue weighted by molar-refractivity contribution is 6.30. The first-order valence-electron chi connectivity index (χ1n) is 11.1. The van der Waals surface area contributed by atoms with E-state index in [0.717, 1.165) is 36.8 Å². The Balaban J connectivity index is 1.68. The largest absolute Gasteiger partial charge is 0.496 e. The zero-order valence-electron chi connectivity index (χ0n) is 17.9. The number of rotatable bonds is 5. The van der Waals surface area contributed by atoms with Crippen molar-refractivity contribution in [2.24, 2.45) is 0 Å². The molecule has 1 heterocycles. The summed E-state index contributed by atoms with van der Waals surface area (Å²) >= 11 is 6.10. The smallest absolute Gasteiger partial charge is 0.250 e. The van der Waals surface area contributed by atoms with Gasteiger partial charge in [-0.2, -0.15) is 0 Å². The van der Waals surface area contributed by atoms with E-state index >= 15 is 0 Å². The maximum absolute atomic E-state index is 13.8. The van der Waals surface area contributed by atoms with Crippen molar-refractivity contribution < 1.29 is 14.3 Å². The first-order valence-corrected chi connectivity index (χ1v) is 11.4. The number of piperazine rings is 1. The molecule has 2 amide bonds. The molecule has 0 N–H and O–H groups in total. The van der Waals surface area contributed by atoms with E-state index < -0.39 is 6.04 Å².